The van der Waals surface area contributed by atoms with Gasteiger partial charge in [-0.1, -0.05) is 47.6 Å². The van der Waals surface area contributed by atoms with E-state index in [1.165, 1.54) is 0 Å². The lowest BCUT2D eigenvalue weighted by molar-refractivity contribution is 0.255. The van der Waals surface area contributed by atoms with Crippen molar-refractivity contribution in [2.45, 2.75) is 18.8 Å². The molecule has 2 aromatic carbocycles. The van der Waals surface area contributed by atoms with E-state index in [9.17, 15) is 5.21 Å². The largest absolute Gasteiger partial charge is 0.410 e. The van der Waals surface area contributed by atoms with E-state index in [1.807, 2.05) is 48.5 Å². The molecule has 2 aromatic rings. The van der Waals surface area contributed by atoms with Crippen LogP contribution in [0.3, 0.4) is 0 Å². The minimum absolute atomic E-state index is 0.405. The number of hydrogen-bond acceptors (Lipinski definition) is 4. The highest BCUT2D eigenvalue weighted by molar-refractivity contribution is 6.14. The van der Waals surface area contributed by atoms with Gasteiger partial charge in [-0.2, -0.15) is 0 Å². The van der Waals surface area contributed by atoms with E-state index in [0.29, 0.717) is 11.6 Å². The summed E-state index contributed by atoms with van der Waals surface area (Å²) in [5.41, 5.74) is 10.6. The molecule has 23 heavy (non-hydrogen) atoms. The van der Waals surface area contributed by atoms with E-state index in [-0.39, 0.29) is 0 Å². The highest BCUT2D eigenvalue weighted by Gasteiger charge is 2.25. The van der Waals surface area contributed by atoms with Gasteiger partial charge in [0.15, 0.2) is 0 Å². The predicted molar refractivity (Wildman–Crippen MR) is 94.2 cm³/mol. The van der Waals surface area contributed by atoms with Crippen molar-refractivity contribution in [1.82, 2.24) is 4.90 Å². The molecule has 0 atom stereocenters. The van der Waals surface area contributed by atoms with Crippen molar-refractivity contribution in [2.75, 3.05) is 25.9 Å². The van der Waals surface area contributed by atoms with Gasteiger partial charge in [-0.05, 0) is 50.5 Å². The lowest BCUT2D eigenvalue weighted by Gasteiger charge is -2.31. The van der Waals surface area contributed by atoms with Crippen molar-refractivity contribution in [3.05, 3.63) is 65.2 Å². The molecule has 3 N–H and O–H groups in total. The zero-order chi connectivity index (χ0) is 16.2. The molecule has 1 aliphatic rings. The second kappa shape index (κ2) is 6.84. The Bertz CT molecular complexity index is 689. The molecule has 3 rings (SSSR count). The van der Waals surface area contributed by atoms with Crippen molar-refractivity contribution >= 4 is 11.4 Å². The molecule has 0 bridgehead atoms. The Morgan fingerprint density at radius 2 is 1.78 bits per heavy atom. The number of oxime groups is 1. The lowest BCUT2D eigenvalue weighted by Crippen LogP contribution is -2.30. The van der Waals surface area contributed by atoms with Gasteiger partial charge in [0.1, 0.15) is 5.71 Å². The van der Waals surface area contributed by atoms with Crippen molar-refractivity contribution in [1.29, 1.82) is 0 Å². The van der Waals surface area contributed by atoms with Gasteiger partial charge in [0.05, 0.1) is 0 Å². The molecule has 0 aliphatic carbocycles. The first-order valence-corrected chi connectivity index (χ1v) is 8.05. The number of nitrogens with zero attached hydrogens (tertiary/aromatic N) is 2. The SMILES string of the molecule is CN1CCC(c2c(N)cccc2/C(=N\O)c2ccccc2)CC1. The van der Waals surface area contributed by atoms with Crippen LogP contribution in [0.15, 0.2) is 53.7 Å². The monoisotopic (exact) mass is 309 g/mol. The van der Waals surface area contributed by atoms with E-state index in [4.69, 9.17) is 5.73 Å². The fraction of sp³-hybridized carbons (Fsp3) is 0.316. The smallest absolute Gasteiger partial charge is 0.117 e. The minimum Gasteiger partial charge on any atom is -0.410 e. The maximum atomic E-state index is 9.63. The van der Waals surface area contributed by atoms with Crippen LogP contribution in [-0.4, -0.2) is 36.0 Å². The standard InChI is InChI=1S/C19H23N3O/c1-22-12-10-14(11-13-22)18-16(8-5-9-17(18)20)19(21-23)15-6-3-2-4-7-15/h2-9,14,23H,10-13,20H2,1H3/b21-19-. The fourth-order valence-electron chi connectivity index (χ4n) is 3.41. The van der Waals surface area contributed by atoms with Crippen molar-refractivity contribution in [3.8, 4) is 0 Å². The van der Waals surface area contributed by atoms with Crippen LogP contribution >= 0.6 is 0 Å². The van der Waals surface area contributed by atoms with Gasteiger partial charge in [-0.25, -0.2) is 0 Å². The van der Waals surface area contributed by atoms with E-state index < -0.39 is 0 Å². The van der Waals surface area contributed by atoms with Crippen LogP contribution < -0.4 is 5.73 Å². The number of likely N-dealkylation sites (tertiary alicyclic amines) is 1. The van der Waals surface area contributed by atoms with Gasteiger partial charge < -0.3 is 15.8 Å². The molecule has 0 unspecified atom stereocenters. The number of anilines is 1. The molecule has 0 spiro atoms. The summed E-state index contributed by atoms with van der Waals surface area (Å²) in [6.07, 6.45) is 2.15. The van der Waals surface area contributed by atoms with Crippen molar-refractivity contribution in [3.63, 3.8) is 0 Å². The summed E-state index contributed by atoms with van der Waals surface area (Å²) >= 11 is 0. The molecule has 120 valence electrons. The van der Waals surface area contributed by atoms with Crippen LogP contribution in [0.1, 0.15) is 35.4 Å². The Kier molecular flexibility index (Phi) is 4.63. The number of rotatable bonds is 3. The first-order valence-electron chi connectivity index (χ1n) is 8.05. The third-order valence-electron chi connectivity index (χ3n) is 4.67. The number of nitrogens with two attached hydrogens (primary N) is 1. The summed E-state index contributed by atoms with van der Waals surface area (Å²) in [6, 6.07) is 15.6. The molecular formula is C19H23N3O. The zero-order valence-electron chi connectivity index (χ0n) is 13.4. The van der Waals surface area contributed by atoms with Gasteiger partial charge in [0, 0.05) is 16.8 Å². The van der Waals surface area contributed by atoms with Gasteiger partial charge in [-0.3, -0.25) is 0 Å². The molecular weight excluding hydrogens is 286 g/mol. The molecule has 1 fully saturated rings. The maximum Gasteiger partial charge on any atom is 0.117 e. The Balaban J connectivity index is 2.04. The summed E-state index contributed by atoms with van der Waals surface area (Å²) < 4.78 is 0. The third-order valence-corrected chi connectivity index (χ3v) is 4.67. The summed E-state index contributed by atoms with van der Waals surface area (Å²) in [6.45, 7) is 2.13. The highest BCUT2D eigenvalue weighted by Crippen LogP contribution is 2.35. The number of nitrogen functional groups attached to an aromatic ring is 1. The van der Waals surface area contributed by atoms with Crippen LogP contribution in [-0.2, 0) is 0 Å². The van der Waals surface area contributed by atoms with E-state index in [0.717, 1.165) is 48.3 Å². The van der Waals surface area contributed by atoms with Gasteiger partial charge in [-0.15, -0.1) is 0 Å². The average molecular weight is 309 g/mol. The second-order valence-electron chi connectivity index (χ2n) is 6.20. The molecule has 1 heterocycles. The van der Waals surface area contributed by atoms with E-state index in [1.54, 1.807) is 0 Å². The maximum absolute atomic E-state index is 9.63. The van der Waals surface area contributed by atoms with Crippen LogP contribution in [0.5, 0.6) is 0 Å². The van der Waals surface area contributed by atoms with E-state index in [2.05, 4.69) is 17.1 Å². The Labute approximate surface area is 137 Å². The van der Waals surface area contributed by atoms with Gasteiger partial charge in [0.25, 0.3) is 0 Å². The predicted octanol–water partition coefficient (Wildman–Crippen LogP) is 3.30. The van der Waals surface area contributed by atoms with Crippen LogP contribution in [0.2, 0.25) is 0 Å². The topological polar surface area (TPSA) is 61.8 Å². The Morgan fingerprint density at radius 1 is 1.09 bits per heavy atom. The molecule has 0 saturated carbocycles. The van der Waals surface area contributed by atoms with Crippen LogP contribution in [0, 0.1) is 0 Å². The summed E-state index contributed by atoms with van der Waals surface area (Å²) in [5, 5.41) is 13.2. The van der Waals surface area contributed by atoms with E-state index >= 15 is 0 Å². The van der Waals surface area contributed by atoms with Crippen LogP contribution in [0.4, 0.5) is 5.69 Å². The molecule has 4 heteroatoms. The molecule has 4 nitrogen and oxygen atoms in total. The molecule has 1 aliphatic heterocycles. The molecule has 0 radical (unpaired) electrons. The van der Waals surface area contributed by atoms with Gasteiger partial charge in [0.2, 0.25) is 0 Å². The first kappa shape index (κ1) is 15.6. The molecule has 0 amide bonds. The average Bonchev–Trinajstić information content (AvgIpc) is 2.58. The summed E-state index contributed by atoms with van der Waals surface area (Å²) in [4.78, 5) is 2.34. The first-order chi connectivity index (χ1) is 11.2. The normalized spacial score (nSPS) is 17.3. The molecule has 1 saturated heterocycles. The number of hydrogen-bond donors (Lipinski definition) is 2. The summed E-state index contributed by atoms with van der Waals surface area (Å²) in [7, 11) is 2.15. The number of piperidine rings is 1. The zero-order valence-corrected chi connectivity index (χ0v) is 13.4. The minimum atomic E-state index is 0.405. The van der Waals surface area contributed by atoms with Crippen molar-refractivity contribution < 1.29 is 5.21 Å². The van der Waals surface area contributed by atoms with Gasteiger partial charge >= 0.3 is 0 Å². The molecule has 0 aromatic heterocycles. The second-order valence-corrected chi connectivity index (χ2v) is 6.20. The summed E-state index contributed by atoms with van der Waals surface area (Å²) in [5.74, 6) is 0.405. The quantitative estimate of drug-likeness (QED) is 0.396. The number of benzene rings is 2. The fourth-order valence-corrected chi connectivity index (χ4v) is 3.41. The Hall–Kier alpha value is -2.33. The Morgan fingerprint density at radius 3 is 2.43 bits per heavy atom. The van der Waals surface area contributed by atoms with Crippen LogP contribution in [0.25, 0.3) is 0 Å². The highest BCUT2D eigenvalue weighted by atomic mass is 16.4. The third kappa shape index (κ3) is 3.22. The lowest BCUT2D eigenvalue weighted by atomic mass is 9.83. The van der Waals surface area contributed by atoms with Crippen molar-refractivity contribution in [2.24, 2.45) is 5.16 Å².